The summed E-state index contributed by atoms with van der Waals surface area (Å²) in [6.07, 6.45) is 5.98. The zero-order chi connectivity index (χ0) is 26.5. The molecule has 190 valence electrons. The average molecular weight is 518 g/mol. The van der Waals surface area contributed by atoms with Crippen LogP contribution >= 0.6 is 0 Å². The van der Waals surface area contributed by atoms with Crippen LogP contribution in [0.3, 0.4) is 0 Å². The maximum absolute atomic E-state index is 14.6. The van der Waals surface area contributed by atoms with Crippen LogP contribution in [0, 0.1) is 6.92 Å². The molecule has 0 amide bonds. The van der Waals surface area contributed by atoms with Gasteiger partial charge in [-0.3, -0.25) is 4.72 Å². The number of aryl methyl sites for hydroxylation is 2. The molecule has 0 heterocycles. The predicted molar refractivity (Wildman–Crippen MR) is 146 cm³/mol. The molecule has 5 nitrogen and oxygen atoms in total. The molecule has 1 aliphatic rings. The molecule has 0 unspecified atom stereocenters. The van der Waals surface area contributed by atoms with Crippen LogP contribution in [0.1, 0.15) is 42.5 Å². The van der Waals surface area contributed by atoms with E-state index in [0.29, 0.717) is 16.3 Å². The van der Waals surface area contributed by atoms with E-state index in [-0.39, 0.29) is 27.6 Å². The number of benzene rings is 4. The van der Waals surface area contributed by atoms with Crippen molar-refractivity contribution in [2.45, 2.75) is 44.2 Å². The Kier molecular flexibility index (Phi) is 5.99. The summed E-state index contributed by atoms with van der Waals surface area (Å²) >= 11 is 0. The number of halogens is 1. The predicted octanol–water partition coefficient (Wildman–Crippen LogP) is 7.19. The summed E-state index contributed by atoms with van der Waals surface area (Å²) in [5, 5.41) is 22.5. The summed E-state index contributed by atoms with van der Waals surface area (Å²) in [7, 11) is -4.17. The Hall–Kier alpha value is -3.84. The lowest BCUT2D eigenvalue weighted by molar-refractivity contribution is 0.214. The fraction of sp³-hybridized carbons (Fsp3) is 0.200. The number of nitrogens with one attached hydrogen (secondary N) is 1. The SMILES string of the molecule is Cc1ccc2c(c1-c1cc(NS(=O)(=O)c3ccc(O)c(C(C)(C)F)c3)c3ccccc3c1O)C=CCC2. The lowest BCUT2D eigenvalue weighted by Gasteiger charge is -2.21. The third kappa shape index (κ3) is 4.44. The molecule has 4 aromatic rings. The van der Waals surface area contributed by atoms with Crippen molar-refractivity contribution < 1.29 is 23.0 Å². The van der Waals surface area contributed by atoms with Crippen LogP contribution < -0.4 is 4.72 Å². The van der Waals surface area contributed by atoms with Gasteiger partial charge in [0.1, 0.15) is 17.2 Å². The third-order valence-electron chi connectivity index (χ3n) is 6.86. The highest BCUT2D eigenvalue weighted by atomic mass is 32.2. The van der Waals surface area contributed by atoms with Crippen LogP contribution in [0.2, 0.25) is 0 Å². The summed E-state index contributed by atoms with van der Waals surface area (Å²) in [4.78, 5) is -0.180. The van der Waals surface area contributed by atoms with Crippen LogP contribution in [0.4, 0.5) is 10.1 Å². The number of fused-ring (bicyclic) bond motifs is 2. The first-order valence-electron chi connectivity index (χ1n) is 12.1. The van der Waals surface area contributed by atoms with Crippen LogP contribution in [0.15, 0.2) is 71.6 Å². The fourth-order valence-corrected chi connectivity index (χ4v) is 6.07. The standard InChI is InChI=1S/C30H28FNO4S/c1-18-12-13-19-8-4-5-9-21(19)28(18)24-17-26(22-10-6-7-11-23(22)29(24)34)32-37(35,36)20-14-15-27(33)25(16-20)30(2,3)31/h5-7,9-17,32-34H,4,8H2,1-3H3. The Morgan fingerprint density at radius 2 is 1.70 bits per heavy atom. The number of phenols is 2. The van der Waals surface area contributed by atoms with Gasteiger partial charge in [-0.25, -0.2) is 12.8 Å². The second-order valence-corrected chi connectivity index (χ2v) is 11.6. The van der Waals surface area contributed by atoms with Crippen LogP contribution in [0.25, 0.3) is 28.0 Å². The number of hydrogen-bond acceptors (Lipinski definition) is 4. The van der Waals surface area contributed by atoms with Gasteiger partial charge >= 0.3 is 0 Å². The van der Waals surface area contributed by atoms with E-state index >= 15 is 0 Å². The Morgan fingerprint density at radius 3 is 2.43 bits per heavy atom. The molecule has 0 saturated heterocycles. The highest BCUT2D eigenvalue weighted by molar-refractivity contribution is 7.92. The van der Waals surface area contributed by atoms with Gasteiger partial charge in [-0.1, -0.05) is 48.6 Å². The normalized spacial score (nSPS) is 13.5. The van der Waals surface area contributed by atoms with Crippen molar-refractivity contribution in [3.05, 3.63) is 89.0 Å². The van der Waals surface area contributed by atoms with Crippen LogP contribution in [-0.2, 0) is 22.1 Å². The lowest BCUT2D eigenvalue weighted by Crippen LogP contribution is -2.16. The van der Waals surface area contributed by atoms with E-state index in [0.717, 1.165) is 35.6 Å². The first-order valence-corrected chi connectivity index (χ1v) is 13.5. The minimum atomic E-state index is -4.17. The van der Waals surface area contributed by atoms with Gasteiger partial charge in [-0.15, -0.1) is 0 Å². The third-order valence-corrected chi connectivity index (χ3v) is 8.22. The van der Waals surface area contributed by atoms with Crippen molar-refractivity contribution in [3.63, 3.8) is 0 Å². The van der Waals surface area contributed by atoms with E-state index in [1.165, 1.54) is 31.5 Å². The number of hydrogen-bond donors (Lipinski definition) is 3. The summed E-state index contributed by atoms with van der Waals surface area (Å²) in [6, 6.07) is 16.3. The van der Waals surface area contributed by atoms with Gasteiger partial charge in [0.05, 0.1) is 10.6 Å². The first-order chi connectivity index (χ1) is 17.5. The molecule has 0 bridgehead atoms. The Labute approximate surface area is 216 Å². The molecular formula is C30H28FNO4S. The molecule has 0 aliphatic heterocycles. The van der Waals surface area contributed by atoms with Crippen molar-refractivity contribution in [2.75, 3.05) is 4.72 Å². The number of rotatable bonds is 5. The first kappa shape index (κ1) is 24.8. The van der Waals surface area contributed by atoms with E-state index in [1.54, 1.807) is 30.3 Å². The highest BCUT2D eigenvalue weighted by Crippen LogP contribution is 2.45. The molecule has 0 fully saturated rings. The van der Waals surface area contributed by atoms with Gasteiger partial charge in [0.2, 0.25) is 0 Å². The van der Waals surface area contributed by atoms with Crippen molar-refractivity contribution in [1.29, 1.82) is 0 Å². The van der Waals surface area contributed by atoms with E-state index in [9.17, 15) is 23.0 Å². The van der Waals surface area contributed by atoms with E-state index in [2.05, 4.69) is 22.9 Å². The smallest absolute Gasteiger partial charge is 0.261 e. The maximum atomic E-state index is 14.6. The molecule has 0 radical (unpaired) electrons. The van der Waals surface area contributed by atoms with E-state index in [1.807, 2.05) is 13.0 Å². The zero-order valence-electron chi connectivity index (χ0n) is 20.8. The molecular weight excluding hydrogens is 489 g/mol. The fourth-order valence-electron chi connectivity index (χ4n) is 4.97. The minimum Gasteiger partial charge on any atom is -0.508 e. The number of allylic oxidation sites excluding steroid dienone is 1. The largest absolute Gasteiger partial charge is 0.508 e. The zero-order valence-corrected chi connectivity index (χ0v) is 21.7. The average Bonchev–Trinajstić information content (AvgIpc) is 2.85. The lowest BCUT2D eigenvalue weighted by atomic mass is 9.86. The quantitative estimate of drug-likeness (QED) is 0.245. The molecule has 1 aliphatic carbocycles. The van der Waals surface area contributed by atoms with Gasteiger partial charge in [0.15, 0.2) is 0 Å². The highest BCUT2D eigenvalue weighted by Gasteiger charge is 2.27. The molecule has 5 rings (SSSR count). The van der Waals surface area contributed by atoms with Crippen molar-refractivity contribution in [3.8, 4) is 22.6 Å². The number of alkyl halides is 1. The molecule has 37 heavy (non-hydrogen) atoms. The van der Waals surface area contributed by atoms with Gasteiger partial charge < -0.3 is 10.2 Å². The Balaban J connectivity index is 1.71. The summed E-state index contributed by atoms with van der Waals surface area (Å²) in [5.41, 5.74) is 2.74. The summed E-state index contributed by atoms with van der Waals surface area (Å²) in [6.45, 7) is 4.47. The van der Waals surface area contributed by atoms with Gasteiger partial charge in [0.25, 0.3) is 10.0 Å². The molecule has 0 aromatic heterocycles. The van der Waals surface area contributed by atoms with Crippen LogP contribution in [0.5, 0.6) is 11.5 Å². The minimum absolute atomic E-state index is 0.0696. The molecule has 0 atom stereocenters. The Bertz CT molecular complexity index is 1680. The van der Waals surface area contributed by atoms with Gasteiger partial charge in [-0.2, -0.15) is 0 Å². The molecule has 4 aromatic carbocycles. The van der Waals surface area contributed by atoms with Crippen molar-refractivity contribution in [2.24, 2.45) is 0 Å². The van der Waals surface area contributed by atoms with Crippen LogP contribution in [-0.4, -0.2) is 18.6 Å². The number of sulfonamides is 1. The monoisotopic (exact) mass is 517 g/mol. The second kappa shape index (κ2) is 8.92. The summed E-state index contributed by atoms with van der Waals surface area (Å²) < 4.78 is 44.2. The van der Waals surface area contributed by atoms with Crippen molar-refractivity contribution >= 4 is 32.6 Å². The topological polar surface area (TPSA) is 86.6 Å². The molecule has 7 heteroatoms. The molecule has 0 spiro atoms. The molecule has 3 N–H and O–H groups in total. The second-order valence-electron chi connectivity index (χ2n) is 9.89. The maximum Gasteiger partial charge on any atom is 0.261 e. The summed E-state index contributed by atoms with van der Waals surface area (Å²) in [5.74, 6) is -0.249. The van der Waals surface area contributed by atoms with Crippen molar-refractivity contribution in [1.82, 2.24) is 0 Å². The van der Waals surface area contributed by atoms with E-state index in [4.69, 9.17) is 0 Å². The molecule has 0 saturated carbocycles. The van der Waals surface area contributed by atoms with Gasteiger partial charge in [0, 0.05) is 21.9 Å². The number of aromatic hydroxyl groups is 2. The van der Waals surface area contributed by atoms with E-state index < -0.39 is 15.7 Å². The number of anilines is 1. The van der Waals surface area contributed by atoms with Gasteiger partial charge in [-0.05, 0) is 80.1 Å². The number of phenolic OH excluding ortho intramolecular Hbond substituents is 2. The Morgan fingerprint density at radius 1 is 0.973 bits per heavy atom.